The van der Waals surface area contributed by atoms with E-state index in [9.17, 15) is 0 Å². The van der Waals surface area contributed by atoms with Gasteiger partial charge in [-0.25, -0.2) is 4.98 Å². The smallest absolute Gasteiger partial charge is 0.126 e. The van der Waals surface area contributed by atoms with Crippen molar-refractivity contribution in [3.05, 3.63) is 48.0 Å². The normalized spacial score (nSPS) is 12.6. The van der Waals surface area contributed by atoms with Crippen LogP contribution >= 0.6 is 11.8 Å². The van der Waals surface area contributed by atoms with E-state index in [1.165, 1.54) is 10.5 Å². The number of benzene rings is 1. The van der Waals surface area contributed by atoms with Crippen LogP contribution in [0.1, 0.15) is 24.4 Å². The summed E-state index contributed by atoms with van der Waals surface area (Å²) in [5.41, 5.74) is 1.31. The molecule has 1 heterocycles. The van der Waals surface area contributed by atoms with Gasteiger partial charge in [-0.15, -0.1) is 11.8 Å². The highest BCUT2D eigenvalue weighted by Gasteiger charge is 2.14. The third kappa shape index (κ3) is 3.61. The van der Waals surface area contributed by atoms with Crippen molar-refractivity contribution in [1.82, 2.24) is 14.9 Å². The van der Waals surface area contributed by atoms with E-state index in [-0.39, 0.29) is 6.04 Å². The Kier molecular flexibility index (Phi) is 5.05. The maximum atomic E-state index is 4.48. The Hall–Kier alpha value is -1.26. The van der Waals surface area contributed by atoms with Gasteiger partial charge >= 0.3 is 0 Å². The minimum absolute atomic E-state index is 0.278. The summed E-state index contributed by atoms with van der Waals surface area (Å²) in [5, 5.41) is 3.36. The Bertz CT molecular complexity index is 522. The van der Waals surface area contributed by atoms with Gasteiger partial charge in [0.25, 0.3) is 0 Å². The lowest BCUT2D eigenvalue weighted by atomic mass is 10.2. The lowest BCUT2D eigenvalue weighted by molar-refractivity contribution is 0.570. The molecular formula is C15H21N3S. The molecule has 3 nitrogen and oxygen atoms in total. The highest BCUT2D eigenvalue weighted by atomic mass is 32.2. The zero-order chi connectivity index (χ0) is 13.7. The van der Waals surface area contributed by atoms with Crippen molar-refractivity contribution in [1.29, 1.82) is 0 Å². The van der Waals surface area contributed by atoms with Gasteiger partial charge in [-0.1, -0.05) is 17.7 Å². The largest absolute Gasteiger partial charge is 0.334 e. The zero-order valence-electron chi connectivity index (χ0n) is 11.8. The maximum absolute atomic E-state index is 4.48. The molecule has 0 spiro atoms. The highest BCUT2D eigenvalue weighted by molar-refractivity contribution is 7.99. The van der Waals surface area contributed by atoms with Gasteiger partial charge in [-0.2, -0.15) is 0 Å². The Labute approximate surface area is 119 Å². The van der Waals surface area contributed by atoms with Crippen LogP contribution in [0.25, 0.3) is 0 Å². The summed E-state index contributed by atoms with van der Waals surface area (Å²) in [6, 6.07) is 8.91. The summed E-state index contributed by atoms with van der Waals surface area (Å²) in [7, 11) is 2.00. The predicted molar refractivity (Wildman–Crippen MR) is 81.6 cm³/mol. The van der Waals surface area contributed by atoms with Crippen molar-refractivity contribution in [2.45, 2.75) is 31.3 Å². The molecule has 1 atom stereocenters. The number of nitrogens with zero attached hydrogens (tertiary/aromatic N) is 2. The molecular weight excluding hydrogens is 254 g/mol. The van der Waals surface area contributed by atoms with Crippen LogP contribution in [0.4, 0.5) is 0 Å². The minimum Gasteiger partial charge on any atom is -0.334 e. The summed E-state index contributed by atoms with van der Waals surface area (Å²) in [4.78, 5) is 5.79. The summed E-state index contributed by atoms with van der Waals surface area (Å²) in [6.45, 7) is 5.23. The fourth-order valence-electron chi connectivity index (χ4n) is 2.07. The van der Waals surface area contributed by atoms with Crippen LogP contribution < -0.4 is 5.32 Å². The molecule has 0 radical (unpaired) electrons. The summed E-state index contributed by atoms with van der Waals surface area (Å²) in [6.07, 6.45) is 3.91. The average Bonchev–Trinajstić information content (AvgIpc) is 2.88. The molecule has 0 aliphatic rings. The lowest BCUT2D eigenvalue weighted by Crippen LogP contribution is -2.22. The first-order valence-corrected chi connectivity index (χ1v) is 7.61. The van der Waals surface area contributed by atoms with Gasteiger partial charge in [0, 0.05) is 29.6 Å². The van der Waals surface area contributed by atoms with Crippen LogP contribution in [0.15, 0.2) is 41.6 Å². The molecule has 2 aromatic rings. The first-order valence-electron chi connectivity index (χ1n) is 6.62. The molecule has 1 N–H and O–H groups in total. The van der Waals surface area contributed by atoms with Crippen LogP contribution in [0.5, 0.6) is 0 Å². The van der Waals surface area contributed by atoms with Gasteiger partial charge in [-0.05, 0) is 33.0 Å². The van der Waals surface area contributed by atoms with Gasteiger partial charge < -0.3 is 9.88 Å². The number of rotatable bonds is 6. The van der Waals surface area contributed by atoms with E-state index in [4.69, 9.17) is 0 Å². The van der Waals surface area contributed by atoms with E-state index in [0.29, 0.717) is 0 Å². The second kappa shape index (κ2) is 6.78. The molecule has 102 valence electrons. The summed E-state index contributed by atoms with van der Waals surface area (Å²) in [5.74, 6) is 2.10. The van der Waals surface area contributed by atoms with Crippen LogP contribution in [0.2, 0.25) is 0 Å². The van der Waals surface area contributed by atoms with Gasteiger partial charge in [-0.3, -0.25) is 0 Å². The fraction of sp³-hybridized carbons (Fsp3) is 0.400. The molecule has 2 rings (SSSR count). The molecule has 0 bridgehead atoms. The number of thioether (sulfide) groups is 1. The minimum atomic E-state index is 0.278. The van der Waals surface area contributed by atoms with Gasteiger partial charge in [0.15, 0.2) is 0 Å². The molecule has 0 fully saturated rings. The van der Waals surface area contributed by atoms with Gasteiger partial charge in [0.05, 0.1) is 6.04 Å². The van der Waals surface area contributed by atoms with Gasteiger partial charge in [0.2, 0.25) is 0 Å². The molecule has 0 aliphatic heterocycles. The second-order valence-corrected chi connectivity index (χ2v) is 5.63. The van der Waals surface area contributed by atoms with Crippen molar-refractivity contribution in [3.8, 4) is 0 Å². The molecule has 4 heteroatoms. The molecule has 19 heavy (non-hydrogen) atoms. The molecule has 1 aromatic heterocycles. The summed E-state index contributed by atoms with van der Waals surface area (Å²) < 4.78 is 2.19. The Morgan fingerprint density at radius 1 is 1.42 bits per heavy atom. The van der Waals surface area contributed by atoms with Crippen molar-refractivity contribution in [3.63, 3.8) is 0 Å². The fourth-order valence-corrected chi connectivity index (χ4v) is 3.19. The van der Waals surface area contributed by atoms with Crippen LogP contribution in [0, 0.1) is 6.92 Å². The van der Waals surface area contributed by atoms with Crippen molar-refractivity contribution < 1.29 is 0 Å². The highest BCUT2D eigenvalue weighted by Crippen LogP contribution is 2.24. The zero-order valence-corrected chi connectivity index (χ0v) is 12.6. The molecule has 1 unspecified atom stereocenters. The lowest BCUT2D eigenvalue weighted by Gasteiger charge is -2.16. The van der Waals surface area contributed by atoms with E-state index < -0.39 is 0 Å². The molecule has 0 saturated heterocycles. The van der Waals surface area contributed by atoms with Crippen LogP contribution in [0.3, 0.4) is 0 Å². The number of nitrogens with one attached hydrogen (secondary N) is 1. The Balaban J connectivity index is 2.04. The maximum Gasteiger partial charge on any atom is 0.126 e. The van der Waals surface area contributed by atoms with Gasteiger partial charge in [0.1, 0.15) is 5.82 Å². The number of aryl methyl sites for hydroxylation is 2. The second-order valence-electron chi connectivity index (χ2n) is 4.54. The van der Waals surface area contributed by atoms with Crippen molar-refractivity contribution >= 4 is 11.8 Å². The monoisotopic (exact) mass is 275 g/mol. The Morgan fingerprint density at radius 2 is 2.26 bits per heavy atom. The standard InChI is InChI=1S/C15H21N3S/c1-4-18-9-8-17-15(18)14(16-3)11-19-13-7-5-6-12(2)10-13/h5-10,14,16H,4,11H2,1-3H3. The third-order valence-corrected chi connectivity index (χ3v) is 4.24. The van der Waals surface area contributed by atoms with Crippen molar-refractivity contribution in [2.24, 2.45) is 0 Å². The van der Waals surface area contributed by atoms with Crippen LogP contribution in [-0.4, -0.2) is 22.4 Å². The first kappa shape index (κ1) is 14.2. The number of imidazole rings is 1. The van der Waals surface area contributed by atoms with E-state index >= 15 is 0 Å². The SMILES string of the molecule is CCn1ccnc1C(CSc1cccc(C)c1)NC. The molecule has 0 amide bonds. The average molecular weight is 275 g/mol. The predicted octanol–water partition coefficient (Wildman–Crippen LogP) is 3.26. The number of hydrogen-bond acceptors (Lipinski definition) is 3. The van der Waals surface area contributed by atoms with E-state index in [1.54, 1.807) is 0 Å². The van der Waals surface area contributed by atoms with E-state index in [0.717, 1.165) is 18.1 Å². The molecule has 1 aromatic carbocycles. The Morgan fingerprint density at radius 3 is 2.95 bits per heavy atom. The first-order chi connectivity index (χ1) is 9.24. The molecule has 0 saturated carbocycles. The van der Waals surface area contributed by atoms with E-state index in [2.05, 4.69) is 53.0 Å². The van der Waals surface area contributed by atoms with Crippen LogP contribution in [-0.2, 0) is 6.54 Å². The number of hydrogen-bond donors (Lipinski definition) is 1. The number of aromatic nitrogens is 2. The quantitative estimate of drug-likeness (QED) is 0.821. The molecule has 0 aliphatic carbocycles. The topological polar surface area (TPSA) is 29.9 Å². The van der Waals surface area contributed by atoms with Crippen molar-refractivity contribution in [2.75, 3.05) is 12.8 Å². The van der Waals surface area contributed by atoms with E-state index in [1.807, 2.05) is 31.2 Å². The summed E-state index contributed by atoms with van der Waals surface area (Å²) >= 11 is 1.87. The third-order valence-electron chi connectivity index (χ3n) is 3.15.